The minimum absolute atomic E-state index is 0.0501. The second-order valence-corrected chi connectivity index (χ2v) is 7.30. The number of carbonyl (C=O) groups excluding carboxylic acids is 1. The number of benzene rings is 1. The summed E-state index contributed by atoms with van der Waals surface area (Å²) >= 11 is 6.95. The van der Waals surface area contributed by atoms with Crippen LogP contribution >= 0.6 is 22.9 Å². The summed E-state index contributed by atoms with van der Waals surface area (Å²) in [7, 11) is -3.36. The van der Waals surface area contributed by atoms with Gasteiger partial charge in [-0.2, -0.15) is 0 Å². The molecule has 1 amide bonds. The Hall–Kier alpha value is -1.64. The minimum Gasteiger partial charge on any atom is -0.326 e. The summed E-state index contributed by atoms with van der Waals surface area (Å²) in [5, 5.41) is 5.09. The molecule has 112 valence electrons. The molecule has 0 aliphatic carbocycles. The van der Waals surface area contributed by atoms with Crippen LogP contribution < -0.4 is 10.0 Å². The van der Waals surface area contributed by atoms with E-state index in [1.165, 1.54) is 0 Å². The standard InChI is InChI=1S/C12H12ClN3O3S2/c1-21(18,19)16-12-15-10(7-20-12)6-11(17)14-9-4-2-3-8(13)5-9/h2-5,7H,6H2,1H3,(H,14,17)(H,15,16). The van der Waals surface area contributed by atoms with Crippen LogP contribution in [-0.4, -0.2) is 25.6 Å². The number of thiazole rings is 1. The van der Waals surface area contributed by atoms with Crippen molar-refractivity contribution in [3.05, 3.63) is 40.4 Å². The summed E-state index contributed by atoms with van der Waals surface area (Å²) in [5.41, 5.74) is 1.09. The molecule has 0 spiro atoms. The Morgan fingerprint density at radius 3 is 2.86 bits per heavy atom. The predicted octanol–water partition coefficient (Wildman–Crippen LogP) is 2.35. The fourth-order valence-corrected chi connectivity index (χ4v) is 3.28. The van der Waals surface area contributed by atoms with E-state index in [1.54, 1.807) is 29.6 Å². The van der Waals surface area contributed by atoms with Crippen molar-refractivity contribution in [2.24, 2.45) is 0 Å². The Labute approximate surface area is 131 Å². The maximum Gasteiger partial charge on any atom is 0.231 e. The highest BCUT2D eigenvalue weighted by Crippen LogP contribution is 2.18. The average Bonchev–Trinajstić information content (AvgIpc) is 2.73. The van der Waals surface area contributed by atoms with Crippen molar-refractivity contribution in [2.45, 2.75) is 6.42 Å². The van der Waals surface area contributed by atoms with E-state index in [0.29, 0.717) is 16.4 Å². The normalized spacial score (nSPS) is 11.1. The van der Waals surface area contributed by atoms with E-state index in [9.17, 15) is 13.2 Å². The Morgan fingerprint density at radius 2 is 2.19 bits per heavy atom. The van der Waals surface area contributed by atoms with E-state index in [0.717, 1.165) is 17.6 Å². The van der Waals surface area contributed by atoms with Crippen LogP contribution in [0.25, 0.3) is 0 Å². The summed E-state index contributed by atoms with van der Waals surface area (Å²) in [6.45, 7) is 0. The van der Waals surface area contributed by atoms with Crippen LogP contribution in [0.3, 0.4) is 0 Å². The molecule has 0 fully saturated rings. The number of carbonyl (C=O) groups is 1. The molecule has 2 N–H and O–H groups in total. The van der Waals surface area contributed by atoms with Crippen LogP contribution in [0, 0.1) is 0 Å². The van der Waals surface area contributed by atoms with Crippen LogP contribution in [0.4, 0.5) is 10.8 Å². The smallest absolute Gasteiger partial charge is 0.231 e. The quantitative estimate of drug-likeness (QED) is 0.870. The maximum absolute atomic E-state index is 11.9. The molecule has 0 aliphatic heterocycles. The molecule has 21 heavy (non-hydrogen) atoms. The topological polar surface area (TPSA) is 88.2 Å². The van der Waals surface area contributed by atoms with Gasteiger partial charge in [-0.15, -0.1) is 11.3 Å². The van der Waals surface area contributed by atoms with E-state index < -0.39 is 10.0 Å². The van der Waals surface area contributed by atoms with Crippen LogP contribution in [0.5, 0.6) is 0 Å². The number of anilines is 2. The molecule has 1 heterocycles. The van der Waals surface area contributed by atoms with Gasteiger partial charge in [0, 0.05) is 16.1 Å². The molecule has 0 atom stereocenters. The lowest BCUT2D eigenvalue weighted by Crippen LogP contribution is -2.15. The number of sulfonamides is 1. The van der Waals surface area contributed by atoms with Gasteiger partial charge in [-0.25, -0.2) is 13.4 Å². The predicted molar refractivity (Wildman–Crippen MR) is 84.4 cm³/mol. The average molecular weight is 346 g/mol. The molecule has 1 aromatic carbocycles. The van der Waals surface area contributed by atoms with Gasteiger partial charge in [0.15, 0.2) is 5.13 Å². The zero-order chi connectivity index (χ0) is 15.5. The fourth-order valence-electron chi connectivity index (χ4n) is 1.53. The molecule has 2 aromatic rings. The second kappa shape index (κ2) is 6.42. The van der Waals surface area contributed by atoms with Crippen LogP contribution in [-0.2, 0) is 21.2 Å². The van der Waals surface area contributed by atoms with E-state index in [1.807, 2.05) is 0 Å². The first-order valence-electron chi connectivity index (χ1n) is 5.79. The van der Waals surface area contributed by atoms with Crippen molar-refractivity contribution < 1.29 is 13.2 Å². The van der Waals surface area contributed by atoms with Gasteiger partial charge >= 0.3 is 0 Å². The van der Waals surface area contributed by atoms with Crippen molar-refractivity contribution in [1.29, 1.82) is 0 Å². The number of amides is 1. The van der Waals surface area contributed by atoms with Gasteiger partial charge in [-0.05, 0) is 18.2 Å². The highest BCUT2D eigenvalue weighted by atomic mass is 35.5. The number of nitrogens with one attached hydrogen (secondary N) is 2. The second-order valence-electron chi connectivity index (χ2n) is 4.25. The maximum atomic E-state index is 11.9. The van der Waals surface area contributed by atoms with E-state index in [2.05, 4.69) is 15.0 Å². The van der Waals surface area contributed by atoms with Gasteiger partial charge in [-0.1, -0.05) is 17.7 Å². The molecule has 0 bridgehead atoms. The van der Waals surface area contributed by atoms with Gasteiger partial charge in [0.25, 0.3) is 0 Å². The lowest BCUT2D eigenvalue weighted by atomic mass is 10.3. The first-order valence-corrected chi connectivity index (χ1v) is 8.94. The van der Waals surface area contributed by atoms with Crippen molar-refractivity contribution >= 4 is 49.7 Å². The van der Waals surface area contributed by atoms with Crippen molar-refractivity contribution in [1.82, 2.24) is 4.98 Å². The first-order chi connectivity index (χ1) is 9.82. The first kappa shape index (κ1) is 15.7. The number of aromatic nitrogens is 1. The molecular formula is C12H12ClN3O3S2. The van der Waals surface area contributed by atoms with Gasteiger partial charge in [0.05, 0.1) is 18.4 Å². The Bertz CT molecular complexity index is 759. The Morgan fingerprint density at radius 1 is 1.43 bits per heavy atom. The molecule has 0 unspecified atom stereocenters. The fraction of sp³-hybridized carbons (Fsp3) is 0.167. The third-order valence-corrected chi connectivity index (χ3v) is 4.01. The highest BCUT2D eigenvalue weighted by molar-refractivity contribution is 7.92. The zero-order valence-electron chi connectivity index (χ0n) is 11.0. The summed E-state index contributed by atoms with van der Waals surface area (Å²) < 4.78 is 24.4. The van der Waals surface area contributed by atoms with E-state index >= 15 is 0 Å². The molecule has 6 nitrogen and oxygen atoms in total. The number of hydrogen-bond acceptors (Lipinski definition) is 5. The van der Waals surface area contributed by atoms with E-state index in [4.69, 9.17) is 11.6 Å². The summed E-state index contributed by atoms with van der Waals surface area (Å²) in [4.78, 5) is 15.9. The summed E-state index contributed by atoms with van der Waals surface area (Å²) in [6.07, 6.45) is 1.09. The third kappa shape index (κ3) is 5.33. The zero-order valence-corrected chi connectivity index (χ0v) is 13.3. The molecule has 2 rings (SSSR count). The molecular weight excluding hydrogens is 334 g/mol. The van der Waals surface area contributed by atoms with Gasteiger partial charge in [0.1, 0.15) is 0 Å². The molecule has 1 aromatic heterocycles. The monoisotopic (exact) mass is 345 g/mol. The lowest BCUT2D eigenvalue weighted by Gasteiger charge is -2.04. The van der Waals surface area contributed by atoms with Gasteiger partial charge in [-0.3, -0.25) is 9.52 Å². The minimum atomic E-state index is -3.36. The molecule has 0 aliphatic rings. The van der Waals surface area contributed by atoms with Crippen LogP contribution in [0.2, 0.25) is 5.02 Å². The molecule has 9 heteroatoms. The number of halogens is 1. The van der Waals surface area contributed by atoms with Crippen molar-refractivity contribution in [2.75, 3.05) is 16.3 Å². The Balaban J connectivity index is 1.97. The molecule has 0 saturated heterocycles. The number of nitrogens with zero attached hydrogens (tertiary/aromatic N) is 1. The largest absolute Gasteiger partial charge is 0.326 e. The number of rotatable bonds is 5. The van der Waals surface area contributed by atoms with Crippen molar-refractivity contribution in [3.63, 3.8) is 0 Å². The third-order valence-electron chi connectivity index (χ3n) is 2.27. The molecule has 0 saturated carbocycles. The van der Waals surface area contributed by atoms with Crippen molar-refractivity contribution in [3.8, 4) is 0 Å². The van der Waals surface area contributed by atoms with E-state index in [-0.39, 0.29) is 17.5 Å². The Kier molecular flexibility index (Phi) is 4.81. The SMILES string of the molecule is CS(=O)(=O)Nc1nc(CC(=O)Nc2cccc(Cl)c2)cs1. The van der Waals surface area contributed by atoms with Crippen LogP contribution in [0.15, 0.2) is 29.6 Å². The summed E-state index contributed by atoms with van der Waals surface area (Å²) in [6, 6.07) is 6.80. The lowest BCUT2D eigenvalue weighted by molar-refractivity contribution is -0.115. The van der Waals surface area contributed by atoms with Gasteiger partial charge < -0.3 is 5.32 Å². The van der Waals surface area contributed by atoms with Gasteiger partial charge in [0.2, 0.25) is 15.9 Å². The summed E-state index contributed by atoms with van der Waals surface area (Å²) in [5.74, 6) is -0.256. The highest BCUT2D eigenvalue weighted by Gasteiger charge is 2.10. The van der Waals surface area contributed by atoms with Crippen LogP contribution in [0.1, 0.15) is 5.69 Å². The molecule has 0 radical (unpaired) electrons. The number of hydrogen-bond donors (Lipinski definition) is 2.